The van der Waals surface area contributed by atoms with Gasteiger partial charge in [-0.1, -0.05) is 28.8 Å². The fourth-order valence-electron chi connectivity index (χ4n) is 2.42. The van der Waals surface area contributed by atoms with Crippen LogP contribution >= 0.6 is 15.9 Å². The first kappa shape index (κ1) is 13.6. The monoisotopic (exact) mass is 312 g/mol. The lowest BCUT2D eigenvalue weighted by atomic mass is 10.0. The van der Waals surface area contributed by atoms with Crippen LogP contribution in [0.15, 0.2) is 16.6 Å². The molecule has 0 radical (unpaired) electrons. The van der Waals surface area contributed by atoms with E-state index < -0.39 is 5.60 Å². The first-order chi connectivity index (χ1) is 8.54. The minimum Gasteiger partial charge on any atom is -0.490 e. The van der Waals surface area contributed by atoms with Gasteiger partial charge in [0, 0.05) is 4.47 Å². The Morgan fingerprint density at radius 3 is 2.72 bits per heavy atom. The normalized spacial score (nSPS) is 17.7. The molecule has 0 spiro atoms. The predicted molar refractivity (Wildman–Crippen MR) is 73.2 cm³/mol. The van der Waals surface area contributed by atoms with Gasteiger partial charge < -0.3 is 9.84 Å². The number of halogens is 1. The molecule has 1 aromatic carbocycles. The van der Waals surface area contributed by atoms with Crippen molar-refractivity contribution in [1.82, 2.24) is 0 Å². The molecule has 2 rings (SSSR count). The first-order valence-electron chi connectivity index (χ1n) is 6.15. The lowest BCUT2D eigenvalue weighted by Crippen LogP contribution is -2.32. The van der Waals surface area contributed by atoms with Crippen LogP contribution in [-0.2, 0) is 0 Å². The number of hydrogen-bond acceptors (Lipinski definition) is 3. The maximum Gasteiger partial charge on any atom is 0.153 e. The van der Waals surface area contributed by atoms with Gasteiger partial charge in [-0.2, -0.15) is 0 Å². The van der Waals surface area contributed by atoms with Gasteiger partial charge in [-0.15, -0.1) is 0 Å². The van der Waals surface area contributed by atoms with Gasteiger partial charge in [0.15, 0.2) is 6.29 Å². The Bertz CT molecular complexity index is 451. The summed E-state index contributed by atoms with van der Waals surface area (Å²) in [6.07, 6.45) is 4.42. The van der Waals surface area contributed by atoms with Gasteiger partial charge in [-0.3, -0.25) is 4.79 Å². The average Bonchev–Trinajstić information content (AvgIpc) is 2.74. The van der Waals surface area contributed by atoms with Gasteiger partial charge in [0.05, 0.1) is 11.2 Å². The highest BCUT2D eigenvalue weighted by molar-refractivity contribution is 9.10. The molecule has 1 aliphatic carbocycles. The Balaban J connectivity index is 2.16. The molecule has 1 aliphatic rings. The molecule has 3 nitrogen and oxygen atoms in total. The highest BCUT2D eigenvalue weighted by Crippen LogP contribution is 2.32. The average molecular weight is 313 g/mol. The van der Waals surface area contributed by atoms with E-state index in [1.54, 1.807) is 6.07 Å². The second-order valence-corrected chi connectivity index (χ2v) is 5.89. The molecule has 0 bridgehead atoms. The zero-order valence-corrected chi connectivity index (χ0v) is 12.0. The van der Waals surface area contributed by atoms with Gasteiger partial charge in [0.25, 0.3) is 0 Å². The number of hydrogen-bond donors (Lipinski definition) is 1. The maximum absolute atomic E-state index is 11.0. The fourth-order valence-corrected chi connectivity index (χ4v) is 3.01. The zero-order valence-electron chi connectivity index (χ0n) is 10.4. The number of carbonyl (C=O) groups is 1. The molecule has 1 saturated carbocycles. The second-order valence-electron chi connectivity index (χ2n) is 4.98. The Labute approximate surface area is 115 Å². The molecular formula is C14H17BrO3. The standard InChI is InChI=1S/C14H17BrO3/c1-10-6-12(15)7-11(8-16)13(10)18-9-14(17)4-2-3-5-14/h6-8,17H,2-5,9H2,1H3. The Hall–Kier alpha value is -0.870. The second kappa shape index (κ2) is 5.41. The molecule has 1 fully saturated rings. The van der Waals surface area contributed by atoms with E-state index in [-0.39, 0.29) is 6.61 Å². The minimum atomic E-state index is -0.723. The summed E-state index contributed by atoms with van der Waals surface area (Å²) in [7, 11) is 0. The summed E-state index contributed by atoms with van der Waals surface area (Å²) in [5.74, 6) is 0.577. The topological polar surface area (TPSA) is 46.5 Å². The van der Waals surface area contributed by atoms with Crippen LogP contribution in [-0.4, -0.2) is 23.6 Å². The van der Waals surface area contributed by atoms with Crippen LogP contribution in [0, 0.1) is 6.92 Å². The fraction of sp³-hybridized carbons (Fsp3) is 0.500. The molecule has 0 unspecified atom stereocenters. The molecule has 0 heterocycles. The van der Waals surface area contributed by atoms with Gasteiger partial charge in [-0.25, -0.2) is 0 Å². The molecular weight excluding hydrogens is 296 g/mol. The van der Waals surface area contributed by atoms with Crippen LogP contribution < -0.4 is 4.74 Å². The Morgan fingerprint density at radius 2 is 2.11 bits per heavy atom. The predicted octanol–water partition coefficient (Wildman–Crippen LogP) is 3.25. The SMILES string of the molecule is Cc1cc(Br)cc(C=O)c1OCC1(O)CCCC1. The van der Waals surface area contributed by atoms with E-state index in [2.05, 4.69) is 15.9 Å². The van der Waals surface area contributed by atoms with E-state index in [1.165, 1.54) is 0 Å². The van der Waals surface area contributed by atoms with Crippen molar-refractivity contribution in [3.63, 3.8) is 0 Å². The third-order valence-corrected chi connectivity index (χ3v) is 3.87. The summed E-state index contributed by atoms with van der Waals surface area (Å²) in [4.78, 5) is 11.0. The van der Waals surface area contributed by atoms with Crippen molar-refractivity contribution in [1.29, 1.82) is 0 Å². The lowest BCUT2D eigenvalue weighted by molar-refractivity contribution is 0.00103. The molecule has 18 heavy (non-hydrogen) atoms. The summed E-state index contributed by atoms with van der Waals surface area (Å²) in [5.41, 5.74) is 0.691. The maximum atomic E-state index is 11.0. The number of aryl methyl sites for hydroxylation is 1. The number of carbonyl (C=O) groups excluding carboxylic acids is 1. The smallest absolute Gasteiger partial charge is 0.153 e. The molecule has 4 heteroatoms. The largest absolute Gasteiger partial charge is 0.490 e. The summed E-state index contributed by atoms with van der Waals surface area (Å²) in [6.45, 7) is 2.15. The number of aliphatic hydroxyl groups is 1. The van der Waals surface area contributed by atoms with Crippen molar-refractivity contribution < 1.29 is 14.6 Å². The first-order valence-corrected chi connectivity index (χ1v) is 6.94. The summed E-state index contributed by atoms with van der Waals surface area (Å²) in [5, 5.41) is 10.2. The van der Waals surface area contributed by atoms with E-state index in [0.29, 0.717) is 11.3 Å². The quantitative estimate of drug-likeness (QED) is 0.868. The van der Waals surface area contributed by atoms with Crippen molar-refractivity contribution in [2.45, 2.75) is 38.2 Å². The zero-order chi connectivity index (χ0) is 13.2. The highest BCUT2D eigenvalue weighted by atomic mass is 79.9. The van der Waals surface area contributed by atoms with Gasteiger partial charge >= 0.3 is 0 Å². The van der Waals surface area contributed by atoms with E-state index in [9.17, 15) is 9.90 Å². The molecule has 0 aromatic heterocycles. The number of benzene rings is 1. The molecule has 1 aromatic rings. The van der Waals surface area contributed by atoms with Crippen LogP contribution in [0.1, 0.15) is 41.6 Å². The minimum absolute atomic E-state index is 0.260. The van der Waals surface area contributed by atoms with Crippen LogP contribution in [0.2, 0.25) is 0 Å². The summed E-state index contributed by atoms with van der Waals surface area (Å²) < 4.78 is 6.55. The summed E-state index contributed by atoms with van der Waals surface area (Å²) in [6, 6.07) is 3.63. The van der Waals surface area contributed by atoms with Crippen LogP contribution in [0.25, 0.3) is 0 Å². The van der Waals surface area contributed by atoms with Gasteiger partial charge in [0.1, 0.15) is 12.4 Å². The van der Waals surface area contributed by atoms with E-state index in [0.717, 1.165) is 42.0 Å². The molecule has 0 atom stereocenters. The molecule has 0 aliphatic heterocycles. The number of aldehydes is 1. The number of rotatable bonds is 4. The van der Waals surface area contributed by atoms with Crippen molar-refractivity contribution in [2.24, 2.45) is 0 Å². The van der Waals surface area contributed by atoms with E-state index >= 15 is 0 Å². The van der Waals surface area contributed by atoms with Gasteiger partial charge in [0.2, 0.25) is 0 Å². The van der Waals surface area contributed by atoms with Crippen molar-refractivity contribution in [3.8, 4) is 5.75 Å². The highest BCUT2D eigenvalue weighted by Gasteiger charge is 2.32. The van der Waals surface area contributed by atoms with Crippen LogP contribution in [0.4, 0.5) is 0 Å². The molecule has 0 saturated heterocycles. The molecule has 98 valence electrons. The molecule has 1 N–H and O–H groups in total. The van der Waals surface area contributed by atoms with Crippen molar-refractivity contribution >= 4 is 22.2 Å². The van der Waals surface area contributed by atoms with Crippen molar-refractivity contribution in [3.05, 3.63) is 27.7 Å². The van der Waals surface area contributed by atoms with E-state index in [4.69, 9.17) is 4.74 Å². The third kappa shape index (κ3) is 2.93. The summed E-state index contributed by atoms with van der Waals surface area (Å²) >= 11 is 3.35. The third-order valence-electron chi connectivity index (χ3n) is 3.41. The van der Waals surface area contributed by atoms with Crippen LogP contribution in [0.3, 0.4) is 0 Å². The van der Waals surface area contributed by atoms with Gasteiger partial charge in [-0.05, 0) is 37.5 Å². The Kier molecular flexibility index (Phi) is 4.07. The number of ether oxygens (including phenoxy) is 1. The van der Waals surface area contributed by atoms with Crippen LogP contribution in [0.5, 0.6) is 5.75 Å². The van der Waals surface area contributed by atoms with Crippen molar-refractivity contribution in [2.75, 3.05) is 6.61 Å². The Morgan fingerprint density at radius 1 is 1.44 bits per heavy atom. The van der Waals surface area contributed by atoms with E-state index in [1.807, 2.05) is 13.0 Å². The lowest BCUT2D eigenvalue weighted by Gasteiger charge is -2.23. The molecule has 0 amide bonds.